The lowest BCUT2D eigenvalue weighted by Crippen LogP contribution is -2.24. The quantitative estimate of drug-likeness (QED) is 0.295. The highest BCUT2D eigenvalue weighted by atomic mass is 16.6. The maximum Gasteiger partial charge on any atom is 0.338 e. The van der Waals surface area contributed by atoms with Crippen molar-refractivity contribution >= 4 is 23.8 Å². The second-order valence-electron chi connectivity index (χ2n) is 2.64. The normalized spacial score (nSPS) is 18.1. The minimum atomic E-state index is -0.579. The number of nitrogens with zero attached hydrogens (tertiary/aromatic N) is 1. The van der Waals surface area contributed by atoms with Crippen LogP contribution in [-0.2, 0) is 23.9 Å². The maximum atomic E-state index is 10.4. The number of carbonyl (C=O) groups excluding carboxylic acids is 4. The van der Waals surface area contributed by atoms with Gasteiger partial charge in [0.05, 0.1) is 0 Å². The third-order valence-corrected chi connectivity index (χ3v) is 1.59. The molecule has 78 valence electrons. The molecule has 0 N–H and O–H groups in total. The van der Waals surface area contributed by atoms with Gasteiger partial charge in [0.2, 0.25) is 0 Å². The summed E-state index contributed by atoms with van der Waals surface area (Å²) in [4.78, 5) is 41.7. The molecule has 0 aromatic carbocycles. The lowest BCUT2D eigenvalue weighted by Gasteiger charge is -2.01. The van der Waals surface area contributed by atoms with E-state index in [2.05, 4.69) is 4.74 Å². The van der Waals surface area contributed by atoms with E-state index in [4.69, 9.17) is 0 Å². The van der Waals surface area contributed by atoms with Gasteiger partial charge in [0, 0.05) is 31.4 Å². The van der Waals surface area contributed by atoms with Gasteiger partial charge < -0.3 is 4.74 Å². The average Bonchev–Trinajstić information content (AvgIpc) is 2.68. The number of amides is 2. The second kappa shape index (κ2) is 4.32. The van der Waals surface area contributed by atoms with Crippen LogP contribution in [0.15, 0.2) is 24.3 Å². The molecule has 0 aromatic rings. The number of hydrogen-bond acceptors (Lipinski definition) is 5. The van der Waals surface area contributed by atoms with Crippen LogP contribution >= 0.6 is 0 Å². The van der Waals surface area contributed by atoms with Gasteiger partial charge in [-0.1, -0.05) is 0 Å². The molecule has 6 nitrogen and oxygen atoms in total. The Morgan fingerprint density at radius 1 is 0.867 bits per heavy atom. The topological polar surface area (TPSA) is 80.8 Å². The number of ether oxygens (including phenoxy) is 1. The monoisotopic (exact) mass is 209 g/mol. The summed E-state index contributed by atoms with van der Waals surface area (Å²) in [6.07, 6.45) is 4.68. The molecule has 0 aliphatic carbocycles. The highest BCUT2D eigenvalue weighted by Gasteiger charge is 2.17. The van der Waals surface area contributed by atoms with Gasteiger partial charge in [0.25, 0.3) is 11.8 Å². The van der Waals surface area contributed by atoms with E-state index in [9.17, 15) is 19.2 Å². The Morgan fingerprint density at radius 2 is 1.27 bits per heavy atom. The van der Waals surface area contributed by atoms with E-state index in [1.165, 1.54) is 19.2 Å². The van der Waals surface area contributed by atoms with E-state index in [-0.39, 0.29) is 11.8 Å². The van der Waals surface area contributed by atoms with Crippen molar-refractivity contribution in [3.8, 4) is 0 Å². The van der Waals surface area contributed by atoms with Crippen LogP contribution in [0.3, 0.4) is 0 Å². The van der Waals surface area contributed by atoms with Crippen LogP contribution in [0.5, 0.6) is 0 Å². The fourth-order valence-electron chi connectivity index (χ4n) is 0.778. The SMILES string of the molecule is CN1C(=O)C=CC1=O.O=C1C=CC(=O)O1. The van der Waals surface area contributed by atoms with Crippen molar-refractivity contribution in [2.75, 3.05) is 7.05 Å². The Labute approximate surface area is 84.8 Å². The Morgan fingerprint density at radius 3 is 1.40 bits per heavy atom. The van der Waals surface area contributed by atoms with Crippen LogP contribution < -0.4 is 0 Å². The van der Waals surface area contributed by atoms with E-state index in [1.807, 2.05) is 0 Å². The smallest absolute Gasteiger partial charge is 0.338 e. The molecule has 2 rings (SSSR count). The third-order valence-electron chi connectivity index (χ3n) is 1.59. The first-order valence-electron chi connectivity index (χ1n) is 3.94. The van der Waals surface area contributed by atoms with Gasteiger partial charge in [-0.15, -0.1) is 0 Å². The first-order valence-corrected chi connectivity index (χ1v) is 3.94. The van der Waals surface area contributed by atoms with E-state index in [1.54, 1.807) is 0 Å². The highest BCUT2D eigenvalue weighted by Crippen LogP contribution is 1.97. The van der Waals surface area contributed by atoms with Gasteiger partial charge in [-0.25, -0.2) is 9.59 Å². The summed E-state index contributed by atoms with van der Waals surface area (Å²) in [6.45, 7) is 0. The van der Waals surface area contributed by atoms with Crippen molar-refractivity contribution in [1.29, 1.82) is 0 Å². The van der Waals surface area contributed by atoms with Gasteiger partial charge >= 0.3 is 11.9 Å². The average molecular weight is 209 g/mol. The summed E-state index contributed by atoms with van der Waals surface area (Å²) >= 11 is 0. The van der Waals surface area contributed by atoms with Crippen molar-refractivity contribution < 1.29 is 23.9 Å². The minimum Gasteiger partial charge on any atom is -0.387 e. The van der Waals surface area contributed by atoms with Gasteiger partial charge in [-0.05, 0) is 0 Å². The van der Waals surface area contributed by atoms with Crippen LogP contribution in [0.1, 0.15) is 0 Å². The van der Waals surface area contributed by atoms with Crippen LogP contribution in [0.25, 0.3) is 0 Å². The van der Waals surface area contributed by atoms with Gasteiger partial charge in [-0.3, -0.25) is 14.5 Å². The van der Waals surface area contributed by atoms with E-state index < -0.39 is 11.9 Å². The summed E-state index contributed by atoms with van der Waals surface area (Å²) in [7, 11) is 1.45. The van der Waals surface area contributed by atoms with Crippen molar-refractivity contribution in [3.63, 3.8) is 0 Å². The zero-order valence-corrected chi connectivity index (χ0v) is 7.80. The zero-order chi connectivity index (χ0) is 11.4. The molecule has 0 saturated carbocycles. The van der Waals surface area contributed by atoms with Crippen LogP contribution in [-0.4, -0.2) is 35.7 Å². The molecule has 15 heavy (non-hydrogen) atoms. The fraction of sp³-hybridized carbons (Fsp3) is 0.111. The zero-order valence-electron chi connectivity index (χ0n) is 7.80. The van der Waals surface area contributed by atoms with Crippen LogP contribution in [0, 0.1) is 0 Å². The molecule has 2 heterocycles. The third kappa shape index (κ3) is 2.87. The summed E-state index contributed by atoms with van der Waals surface area (Å²) in [5.74, 6) is -1.64. The van der Waals surface area contributed by atoms with Gasteiger partial charge in [-0.2, -0.15) is 0 Å². The first-order chi connectivity index (χ1) is 7.00. The maximum absolute atomic E-state index is 10.4. The van der Waals surface area contributed by atoms with E-state index in [0.29, 0.717) is 0 Å². The summed E-state index contributed by atoms with van der Waals surface area (Å²) < 4.78 is 3.97. The minimum absolute atomic E-state index is 0.241. The Bertz CT molecular complexity index is 359. The lowest BCUT2D eigenvalue weighted by molar-refractivity contribution is -0.150. The number of rotatable bonds is 0. The van der Waals surface area contributed by atoms with Crippen LogP contribution in [0.2, 0.25) is 0 Å². The van der Waals surface area contributed by atoms with Crippen molar-refractivity contribution in [2.24, 2.45) is 0 Å². The summed E-state index contributed by atoms with van der Waals surface area (Å²) in [5.41, 5.74) is 0. The fourth-order valence-corrected chi connectivity index (χ4v) is 0.778. The Kier molecular flexibility index (Phi) is 3.12. The molecule has 0 fully saturated rings. The molecule has 0 atom stereocenters. The molecule has 0 spiro atoms. The second-order valence-corrected chi connectivity index (χ2v) is 2.64. The number of carbonyl (C=O) groups is 4. The van der Waals surface area contributed by atoms with Gasteiger partial charge in [0.1, 0.15) is 0 Å². The molecule has 6 heteroatoms. The number of imide groups is 1. The van der Waals surface area contributed by atoms with Crippen molar-refractivity contribution in [3.05, 3.63) is 24.3 Å². The van der Waals surface area contributed by atoms with Crippen LogP contribution in [0.4, 0.5) is 0 Å². The summed E-state index contributed by atoms with van der Waals surface area (Å²) in [5, 5.41) is 0. The van der Waals surface area contributed by atoms with Crippen molar-refractivity contribution in [1.82, 2.24) is 4.90 Å². The molecule has 0 saturated heterocycles. The highest BCUT2D eigenvalue weighted by molar-refractivity contribution is 6.12. The van der Waals surface area contributed by atoms with Gasteiger partial charge in [0.15, 0.2) is 0 Å². The Balaban J connectivity index is 0.000000151. The molecule has 2 aliphatic rings. The first kappa shape index (κ1) is 10.8. The number of cyclic esters (lactones) is 2. The molecule has 2 aliphatic heterocycles. The largest absolute Gasteiger partial charge is 0.387 e. The van der Waals surface area contributed by atoms with E-state index >= 15 is 0 Å². The molecule has 2 amide bonds. The molecule has 0 unspecified atom stereocenters. The predicted octanol–water partition coefficient (Wildman–Crippen LogP) is -0.833. The standard InChI is InChI=1S/C5H5NO2.C4H2O3/c1-6-4(7)2-3-5(6)8;5-3-1-2-4(6)7-3/h2-3H,1H3;1-2H. The Hall–Kier alpha value is -2.24. The molecular weight excluding hydrogens is 202 g/mol. The molecular formula is C9H7NO5. The number of likely N-dealkylation sites (N-methyl/N-ethyl adjacent to an activating group) is 1. The van der Waals surface area contributed by atoms with Crippen molar-refractivity contribution in [2.45, 2.75) is 0 Å². The molecule has 0 radical (unpaired) electrons. The number of esters is 2. The predicted molar refractivity (Wildman–Crippen MR) is 47.2 cm³/mol. The molecule has 0 bridgehead atoms. The lowest BCUT2D eigenvalue weighted by atomic mass is 10.6. The number of hydrogen-bond donors (Lipinski definition) is 0. The van der Waals surface area contributed by atoms with E-state index in [0.717, 1.165) is 17.1 Å². The molecule has 0 aromatic heterocycles. The summed E-state index contributed by atoms with van der Waals surface area (Å²) in [6, 6.07) is 0.